The van der Waals surface area contributed by atoms with Crippen molar-refractivity contribution in [1.29, 1.82) is 0 Å². The molecule has 1 aliphatic carbocycles. The van der Waals surface area contributed by atoms with Gasteiger partial charge in [-0.1, -0.05) is 0 Å². The smallest absolute Gasteiger partial charge is 0.111 e. The van der Waals surface area contributed by atoms with Crippen molar-refractivity contribution in [3.8, 4) is 0 Å². The second-order valence-electron chi connectivity index (χ2n) is 3.03. The zero-order valence-corrected chi connectivity index (χ0v) is 6.28. The maximum atomic E-state index is 9.10. The van der Waals surface area contributed by atoms with Crippen LogP contribution in [0.5, 0.6) is 0 Å². The molecule has 0 aromatic rings. The lowest BCUT2D eigenvalue weighted by Crippen LogP contribution is -2.66. The van der Waals surface area contributed by atoms with Gasteiger partial charge >= 0.3 is 0 Å². The van der Waals surface area contributed by atoms with Gasteiger partial charge in [0.2, 0.25) is 0 Å². The van der Waals surface area contributed by atoms with Crippen molar-refractivity contribution < 1.29 is 25.5 Å². The van der Waals surface area contributed by atoms with Crippen LogP contribution in [0.4, 0.5) is 0 Å². The molecule has 2 unspecified atom stereocenters. The van der Waals surface area contributed by atoms with Gasteiger partial charge in [0.05, 0.1) is 6.04 Å². The Morgan fingerprint density at radius 2 is 0.833 bits per heavy atom. The normalized spacial score (nSPS) is 55.5. The van der Waals surface area contributed by atoms with Gasteiger partial charge in [0, 0.05) is 0 Å². The minimum atomic E-state index is -1.56. The molecule has 0 aromatic heterocycles. The number of aliphatic hydroxyl groups excluding tert-OH is 5. The van der Waals surface area contributed by atoms with E-state index in [9.17, 15) is 0 Å². The maximum absolute atomic E-state index is 9.10. The van der Waals surface area contributed by atoms with E-state index < -0.39 is 36.6 Å². The van der Waals surface area contributed by atoms with E-state index in [1.807, 2.05) is 0 Å². The van der Waals surface area contributed by atoms with E-state index in [1.165, 1.54) is 0 Å². The summed E-state index contributed by atoms with van der Waals surface area (Å²) in [4.78, 5) is 0. The average Bonchev–Trinajstić information content (AvgIpc) is 2.08. The Balaban J connectivity index is 2.76. The Morgan fingerprint density at radius 3 is 1.17 bits per heavy atom. The van der Waals surface area contributed by atoms with Gasteiger partial charge in [-0.05, 0) is 0 Å². The van der Waals surface area contributed by atoms with E-state index in [2.05, 4.69) is 0 Å². The van der Waals surface area contributed by atoms with E-state index in [0.717, 1.165) is 0 Å². The third kappa shape index (κ3) is 1.33. The highest BCUT2D eigenvalue weighted by Crippen LogP contribution is 2.19. The zero-order valence-electron chi connectivity index (χ0n) is 6.28. The fourth-order valence-electron chi connectivity index (χ4n) is 1.26. The van der Waals surface area contributed by atoms with Crippen LogP contribution in [0.25, 0.3) is 0 Å². The Labute approximate surface area is 68.9 Å². The van der Waals surface area contributed by atoms with Gasteiger partial charge in [-0.3, -0.25) is 0 Å². The molecule has 1 rings (SSSR count). The third-order valence-corrected chi connectivity index (χ3v) is 2.19. The Hall–Kier alpha value is -0.240. The molecule has 72 valence electrons. The van der Waals surface area contributed by atoms with Gasteiger partial charge in [-0.15, -0.1) is 0 Å². The summed E-state index contributed by atoms with van der Waals surface area (Å²) in [5.41, 5.74) is 5.23. The highest BCUT2D eigenvalue weighted by atomic mass is 16.4. The number of hydrogen-bond acceptors (Lipinski definition) is 6. The molecule has 0 radical (unpaired) electrons. The Morgan fingerprint density at radius 1 is 0.583 bits per heavy atom. The van der Waals surface area contributed by atoms with Crippen molar-refractivity contribution in [3.63, 3.8) is 0 Å². The molecule has 0 spiro atoms. The molecule has 0 amide bonds. The molecule has 0 aromatic carbocycles. The summed E-state index contributed by atoms with van der Waals surface area (Å²) in [6.45, 7) is 0. The van der Waals surface area contributed by atoms with Crippen LogP contribution >= 0.6 is 0 Å². The van der Waals surface area contributed by atoms with Crippen molar-refractivity contribution in [1.82, 2.24) is 0 Å². The second-order valence-corrected chi connectivity index (χ2v) is 3.03. The van der Waals surface area contributed by atoms with E-state index in [1.54, 1.807) is 0 Å². The fourth-order valence-corrected chi connectivity index (χ4v) is 1.26. The van der Waals surface area contributed by atoms with Crippen LogP contribution in [-0.2, 0) is 0 Å². The lowest BCUT2D eigenvalue weighted by molar-refractivity contribution is -0.184. The Kier molecular flexibility index (Phi) is 2.67. The van der Waals surface area contributed by atoms with Crippen molar-refractivity contribution in [2.24, 2.45) is 5.73 Å². The fraction of sp³-hybridized carbons (Fsp3) is 1.00. The van der Waals surface area contributed by atoms with Crippen LogP contribution < -0.4 is 5.73 Å². The number of aliphatic hydroxyl groups is 5. The Bertz CT molecular complexity index is 107. The number of rotatable bonds is 0. The molecular weight excluding hydrogens is 166 g/mol. The topological polar surface area (TPSA) is 127 Å². The molecule has 6 heteroatoms. The van der Waals surface area contributed by atoms with Crippen LogP contribution in [0, 0.1) is 0 Å². The van der Waals surface area contributed by atoms with Crippen LogP contribution in [-0.4, -0.2) is 62.1 Å². The SMILES string of the molecule is NC1[C@@H](O)[C@H](O)C(O)[C@@H](O)[C@H]1O. The summed E-state index contributed by atoms with van der Waals surface area (Å²) in [6.07, 6.45) is -7.43. The number of nitrogens with two attached hydrogens (primary N) is 1. The molecule has 6 nitrogen and oxygen atoms in total. The lowest BCUT2D eigenvalue weighted by atomic mass is 9.84. The lowest BCUT2D eigenvalue weighted by Gasteiger charge is -2.40. The highest BCUT2D eigenvalue weighted by molar-refractivity contribution is 5.00. The summed E-state index contributed by atoms with van der Waals surface area (Å²) < 4.78 is 0. The quantitative estimate of drug-likeness (QED) is 0.226. The van der Waals surface area contributed by atoms with Crippen molar-refractivity contribution in [3.05, 3.63) is 0 Å². The van der Waals surface area contributed by atoms with Crippen LogP contribution in [0.2, 0.25) is 0 Å². The molecule has 0 heterocycles. The predicted octanol–water partition coefficient (Wildman–Crippen LogP) is -3.87. The monoisotopic (exact) mass is 179 g/mol. The summed E-state index contributed by atoms with van der Waals surface area (Å²) in [7, 11) is 0. The van der Waals surface area contributed by atoms with Crippen LogP contribution in [0.15, 0.2) is 0 Å². The minimum Gasteiger partial charge on any atom is -0.389 e. The molecule has 0 saturated heterocycles. The number of hydrogen-bond donors (Lipinski definition) is 6. The first-order valence-electron chi connectivity index (χ1n) is 3.62. The first-order valence-corrected chi connectivity index (χ1v) is 3.62. The van der Waals surface area contributed by atoms with E-state index in [0.29, 0.717) is 0 Å². The van der Waals surface area contributed by atoms with E-state index in [4.69, 9.17) is 31.3 Å². The minimum absolute atomic E-state index is 1.14. The molecule has 1 fully saturated rings. The van der Waals surface area contributed by atoms with Gasteiger partial charge in [0.25, 0.3) is 0 Å². The van der Waals surface area contributed by atoms with Gasteiger partial charge < -0.3 is 31.3 Å². The third-order valence-electron chi connectivity index (χ3n) is 2.19. The van der Waals surface area contributed by atoms with Gasteiger partial charge in [-0.2, -0.15) is 0 Å². The molecule has 1 aliphatic rings. The predicted molar refractivity (Wildman–Crippen MR) is 38.0 cm³/mol. The molecular formula is C6H13NO5. The van der Waals surface area contributed by atoms with Gasteiger partial charge in [-0.25, -0.2) is 0 Å². The molecule has 7 N–H and O–H groups in total. The molecule has 12 heavy (non-hydrogen) atoms. The maximum Gasteiger partial charge on any atom is 0.111 e. The summed E-state index contributed by atoms with van der Waals surface area (Å²) in [5.74, 6) is 0. The van der Waals surface area contributed by atoms with Crippen molar-refractivity contribution in [2.75, 3.05) is 0 Å². The second kappa shape index (κ2) is 3.25. The van der Waals surface area contributed by atoms with E-state index >= 15 is 0 Å². The zero-order chi connectivity index (χ0) is 9.46. The van der Waals surface area contributed by atoms with Crippen molar-refractivity contribution in [2.45, 2.75) is 36.6 Å². The molecule has 6 atom stereocenters. The van der Waals surface area contributed by atoms with E-state index in [-0.39, 0.29) is 0 Å². The molecule has 1 saturated carbocycles. The summed E-state index contributed by atoms with van der Waals surface area (Å²) >= 11 is 0. The average molecular weight is 179 g/mol. The first-order chi connectivity index (χ1) is 5.46. The summed E-state index contributed by atoms with van der Waals surface area (Å²) in [6, 6.07) is -1.14. The molecule has 0 aliphatic heterocycles. The van der Waals surface area contributed by atoms with Crippen LogP contribution in [0.3, 0.4) is 0 Å². The van der Waals surface area contributed by atoms with Gasteiger partial charge in [0.1, 0.15) is 30.5 Å². The highest BCUT2D eigenvalue weighted by Gasteiger charge is 2.46. The van der Waals surface area contributed by atoms with Crippen molar-refractivity contribution >= 4 is 0 Å². The molecule has 0 bridgehead atoms. The van der Waals surface area contributed by atoms with Gasteiger partial charge in [0.15, 0.2) is 0 Å². The van der Waals surface area contributed by atoms with Crippen LogP contribution in [0.1, 0.15) is 0 Å². The summed E-state index contributed by atoms with van der Waals surface area (Å²) in [5, 5.41) is 45.3. The largest absolute Gasteiger partial charge is 0.389 e. The first kappa shape index (κ1) is 9.85. The standard InChI is InChI=1S/C6H13NO5/c7-1-2(8)4(10)6(12)5(11)3(1)9/h1-6,8-12H,7H2/t1?,2-,3+,4-,5-,6?/m0/s1.